The van der Waals surface area contributed by atoms with E-state index in [2.05, 4.69) is 22.2 Å². The second-order valence-electron chi connectivity index (χ2n) is 5.49. The van der Waals surface area contributed by atoms with Gasteiger partial charge in [-0.3, -0.25) is 4.79 Å². The summed E-state index contributed by atoms with van der Waals surface area (Å²) in [6.07, 6.45) is 4.56. The van der Waals surface area contributed by atoms with Crippen LogP contribution in [0.25, 0.3) is 0 Å². The summed E-state index contributed by atoms with van der Waals surface area (Å²) < 4.78 is 1.98. The van der Waals surface area contributed by atoms with E-state index in [4.69, 9.17) is 0 Å². The average molecular weight is 319 g/mol. The number of hydrogen-bond acceptors (Lipinski definition) is 5. The molecule has 0 aromatic carbocycles. The minimum Gasteiger partial charge on any atom is -0.336 e. The summed E-state index contributed by atoms with van der Waals surface area (Å²) in [6.45, 7) is 6.21. The smallest absolute Gasteiger partial charge is 0.266 e. The molecule has 0 radical (unpaired) electrons. The molecule has 3 rings (SSSR count). The zero-order valence-electron chi connectivity index (χ0n) is 13.2. The highest BCUT2D eigenvalue weighted by molar-refractivity contribution is 7.13. The molecule has 1 atom stereocenters. The Balaban J connectivity index is 1.91. The van der Waals surface area contributed by atoms with Gasteiger partial charge in [-0.15, -0.1) is 11.3 Å². The zero-order chi connectivity index (χ0) is 15.7. The third-order valence-corrected chi connectivity index (χ3v) is 5.29. The lowest BCUT2D eigenvalue weighted by molar-refractivity contribution is 0.0625. The van der Waals surface area contributed by atoms with E-state index in [1.807, 2.05) is 29.6 Å². The first-order valence-corrected chi connectivity index (χ1v) is 8.38. The van der Waals surface area contributed by atoms with E-state index in [1.54, 1.807) is 6.20 Å². The van der Waals surface area contributed by atoms with Crippen molar-refractivity contribution < 1.29 is 4.79 Å². The maximum Gasteiger partial charge on any atom is 0.266 e. The van der Waals surface area contributed by atoms with Crippen molar-refractivity contribution in [2.75, 3.05) is 19.6 Å². The molecule has 0 saturated carbocycles. The molecule has 118 valence electrons. The number of rotatable bonds is 3. The fourth-order valence-electron chi connectivity index (χ4n) is 2.81. The molecule has 22 heavy (non-hydrogen) atoms. The molecular weight excluding hydrogens is 298 g/mol. The third kappa shape index (κ3) is 2.66. The summed E-state index contributed by atoms with van der Waals surface area (Å²) in [7, 11) is 1.97. The van der Waals surface area contributed by atoms with Gasteiger partial charge in [0.05, 0.1) is 10.7 Å². The van der Waals surface area contributed by atoms with Crippen molar-refractivity contribution >= 4 is 17.2 Å². The minimum atomic E-state index is -0.0344. The SMILES string of the molecule is CCc1nc(C)c(C(=O)N2CCNCC2c2nccn2C)s1. The molecule has 0 spiro atoms. The van der Waals surface area contributed by atoms with Crippen LogP contribution in [-0.4, -0.2) is 45.0 Å². The van der Waals surface area contributed by atoms with Gasteiger partial charge in [-0.05, 0) is 13.3 Å². The van der Waals surface area contributed by atoms with Crippen LogP contribution in [0.2, 0.25) is 0 Å². The number of carbonyl (C=O) groups is 1. The second-order valence-corrected chi connectivity index (χ2v) is 6.57. The van der Waals surface area contributed by atoms with E-state index in [9.17, 15) is 4.79 Å². The van der Waals surface area contributed by atoms with Gasteiger partial charge < -0.3 is 14.8 Å². The van der Waals surface area contributed by atoms with Crippen LogP contribution in [0.5, 0.6) is 0 Å². The minimum absolute atomic E-state index is 0.0344. The van der Waals surface area contributed by atoms with Crippen molar-refractivity contribution in [2.45, 2.75) is 26.3 Å². The number of nitrogens with one attached hydrogen (secondary N) is 1. The van der Waals surface area contributed by atoms with Crippen LogP contribution in [0.4, 0.5) is 0 Å². The Hall–Kier alpha value is -1.73. The Morgan fingerprint density at radius 2 is 2.36 bits per heavy atom. The molecule has 1 unspecified atom stereocenters. The lowest BCUT2D eigenvalue weighted by atomic mass is 10.1. The van der Waals surface area contributed by atoms with Gasteiger partial charge >= 0.3 is 0 Å². The normalized spacial score (nSPS) is 18.7. The van der Waals surface area contributed by atoms with Crippen molar-refractivity contribution in [3.05, 3.63) is 33.8 Å². The highest BCUT2D eigenvalue weighted by Crippen LogP contribution is 2.26. The fourth-order valence-corrected chi connectivity index (χ4v) is 3.77. The largest absolute Gasteiger partial charge is 0.336 e. The average Bonchev–Trinajstić information content (AvgIpc) is 3.12. The number of aromatic nitrogens is 3. The summed E-state index contributed by atoms with van der Waals surface area (Å²) in [5, 5.41) is 4.38. The monoisotopic (exact) mass is 319 g/mol. The number of carbonyl (C=O) groups excluding carboxylic acids is 1. The molecule has 1 amide bonds. The standard InChI is InChI=1S/C15H21N5OS/c1-4-12-18-10(2)13(22-12)15(21)20-8-5-16-9-11(20)14-17-6-7-19(14)3/h6-7,11,16H,4-5,8-9H2,1-3H3. The van der Waals surface area contributed by atoms with E-state index in [0.29, 0.717) is 6.54 Å². The lowest BCUT2D eigenvalue weighted by Crippen LogP contribution is -2.49. The summed E-state index contributed by atoms with van der Waals surface area (Å²) in [5.74, 6) is 0.989. The quantitative estimate of drug-likeness (QED) is 0.932. The van der Waals surface area contributed by atoms with Crippen LogP contribution >= 0.6 is 11.3 Å². The van der Waals surface area contributed by atoms with Gasteiger partial charge in [-0.2, -0.15) is 0 Å². The lowest BCUT2D eigenvalue weighted by Gasteiger charge is -2.35. The van der Waals surface area contributed by atoms with E-state index < -0.39 is 0 Å². The number of thiazole rings is 1. The fraction of sp³-hybridized carbons (Fsp3) is 0.533. The van der Waals surface area contributed by atoms with Crippen LogP contribution in [0.1, 0.15) is 39.2 Å². The first-order chi connectivity index (χ1) is 10.6. The predicted molar refractivity (Wildman–Crippen MR) is 86.1 cm³/mol. The topological polar surface area (TPSA) is 63.1 Å². The van der Waals surface area contributed by atoms with Crippen molar-refractivity contribution in [3.63, 3.8) is 0 Å². The molecule has 1 aliphatic heterocycles. The molecule has 1 aliphatic rings. The maximum atomic E-state index is 13.0. The van der Waals surface area contributed by atoms with Crippen LogP contribution in [-0.2, 0) is 13.5 Å². The van der Waals surface area contributed by atoms with Gasteiger partial charge in [0.25, 0.3) is 5.91 Å². The number of imidazole rings is 1. The molecule has 7 heteroatoms. The molecule has 3 heterocycles. The van der Waals surface area contributed by atoms with Crippen molar-refractivity contribution in [3.8, 4) is 0 Å². The first kappa shape index (κ1) is 15.2. The molecule has 6 nitrogen and oxygen atoms in total. The van der Waals surface area contributed by atoms with Crippen molar-refractivity contribution in [1.82, 2.24) is 24.8 Å². The van der Waals surface area contributed by atoms with E-state index >= 15 is 0 Å². The molecule has 0 bridgehead atoms. The number of aryl methyl sites for hydroxylation is 3. The van der Waals surface area contributed by atoms with E-state index in [-0.39, 0.29) is 11.9 Å². The van der Waals surface area contributed by atoms with Crippen molar-refractivity contribution in [1.29, 1.82) is 0 Å². The van der Waals surface area contributed by atoms with Crippen LogP contribution in [0, 0.1) is 6.92 Å². The Morgan fingerprint density at radius 3 is 3.00 bits per heavy atom. The number of piperazine rings is 1. The van der Waals surface area contributed by atoms with Crippen molar-refractivity contribution in [2.24, 2.45) is 7.05 Å². The van der Waals surface area contributed by atoms with E-state index in [0.717, 1.165) is 40.9 Å². The highest BCUT2D eigenvalue weighted by Gasteiger charge is 2.32. The summed E-state index contributed by atoms with van der Waals surface area (Å²) in [4.78, 5) is 24.6. The molecule has 2 aromatic rings. The van der Waals surface area contributed by atoms with E-state index in [1.165, 1.54) is 11.3 Å². The zero-order valence-corrected chi connectivity index (χ0v) is 14.0. The Bertz CT molecular complexity index is 677. The summed E-state index contributed by atoms with van der Waals surface area (Å²) in [5.41, 5.74) is 0.837. The Labute approximate surface area is 134 Å². The highest BCUT2D eigenvalue weighted by atomic mass is 32.1. The number of hydrogen-bond donors (Lipinski definition) is 1. The molecule has 1 fully saturated rings. The molecule has 1 N–H and O–H groups in total. The second kappa shape index (κ2) is 6.18. The first-order valence-electron chi connectivity index (χ1n) is 7.57. The van der Waals surface area contributed by atoms with Crippen LogP contribution in [0.15, 0.2) is 12.4 Å². The van der Waals surface area contributed by atoms with Gasteiger partial charge in [0.2, 0.25) is 0 Å². The number of amides is 1. The Kier molecular flexibility index (Phi) is 4.26. The van der Waals surface area contributed by atoms with Gasteiger partial charge in [0, 0.05) is 39.1 Å². The van der Waals surface area contributed by atoms with Crippen LogP contribution < -0.4 is 5.32 Å². The van der Waals surface area contributed by atoms with Gasteiger partial charge in [-0.25, -0.2) is 9.97 Å². The van der Waals surface area contributed by atoms with Gasteiger partial charge in [0.15, 0.2) is 0 Å². The summed E-state index contributed by atoms with van der Waals surface area (Å²) in [6, 6.07) is -0.0344. The molecule has 1 saturated heterocycles. The third-order valence-electron chi connectivity index (χ3n) is 4.00. The van der Waals surface area contributed by atoms with Gasteiger partial charge in [0.1, 0.15) is 16.7 Å². The van der Waals surface area contributed by atoms with Gasteiger partial charge in [-0.1, -0.05) is 6.92 Å². The molecule has 2 aromatic heterocycles. The van der Waals surface area contributed by atoms with Crippen LogP contribution in [0.3, 0.4) is 0 Å². The summed E-state index contributed by atoms with van der Waals surface area (Å²) >= 11 is 1.51. The maximum absolute atomic E-state index is 13.0. The number of nitrogens with zero attached hydrogens (tertiary/aromatic N) is 4. The Morgan fingerprint density at radius 1 is 1.55 bits per heavy atom. The molecular formula is C15H21N5OS. The molecule has 0 aliphatic carbocycles. The predicted octanol–water partition coefficient (Wildman–Crippen LogP) is 1.53.